The van der Waals surface area contributed by atoms with Gasteiger partial charge in [0.1, 0.15) is 67.3 Å². The van der Waals surface area contributed by atoms with Crippen LogP contribution in [-0.4, -0.2) is 167 Å². The molecule has 0 aromatic rings. The summed E-state index contributed by atoms with van der Waals surface area (Å²) in [6.07, 6.45) is -7.97. The highest BCUT2D eigenvalue weighted by Gasteiger charge is 2.68. The Morgan fingerprint density at radius 3 is 2.17 bits per heavy atom. The van der Waals surface area contributed by atoms with Crippen molar-refractivity contribution in [2.24, 2.45) is 34.0 Å². The number of carbonyl (C=O) groups is 2. The summed E-state index contributed by atoms with van der Waals surface area (Å²) in [5.41, 5.74) is 0.201. The first-order valence-corrected chi connectivity index (χ1v) is 21.6. The van der Waals surface area contributed by atoms with E-state index >= 15 is 0 Å². The van der Waals surface area contributed by atoms with E-state index in [1.165, 1.54) is 7.11 Å². The van der Waals surface area contributed by atoms with Crippen LogP contribution in [0.4, 0.5) is 0 Å². The van der Waals surface area contributed by atoms with Gasteiger partial charge >= 0.3 is 5.97 Å². The largest absolute Gasteiger partial charge is 0.458 e. The molecule has 59 heavy (non-hydrogen) atoms. The fourth-order valence-electron chi connectivity index (χ4n) is 12.7. The molecule has 2 bridgehead atoms. The molecule has 7 fully saturated rings. The van der Waals surface area contributed by atoms with Crippen molar-refractivity contribution in [1.82, 2.24) is 0 Å². The van der Waals surface area contributed by atoms with E-state index in [0.717, 1.165) is 63.4 Å². The average molecular weight is 841 g/mol. The lowest BCUT2D eigenvalue weighted by molar-refractivity contribution is -0.355. The predicted octanol–water partition coefficient (Wildman–Crippen LogP) is -0.00400. The third kappa shape index (κ3) is 7.55. The van der Waals surface area contributed by atoms with Gasteiger partial charge in [-0.2, -0.15) is 0 Å². The van der Waals surface area contributed by atoms with E-state index in [4.69, 9.17) is 37.9 Å². The Labute approximate surface area is 344 Å². The van der Waals surface area contributed by atoms with Crippen molar-refractivity contribution in [1.29, 1.82) is 0 Å². The molecule has 4 heterocycles. The van der Waals surface area contributed by atoms with E-state index in [2.05, 4.69) is 13.8 Å². The number of carbonyl (C=O) groups excluding carboxylic acids is 2. The lowest BCUT2D eigenvalue weighted by atomic mass is 9.37. The summed E-state index contributed by atoms with van der Waals surface area (Å²) in [5, 5.41) is 72.4. The zero-order valence-corrected chi connectivity index (χ0v) is 34.4. The van der Waals surface area contributed by atoms with Crippen LogP contribution in [0.5, 0.6) is 0 Å². The molecular weight excluding hydrogens is 776 g/mol. The highest BCUT2D eigenvalue weighted by Crippen LogP contribution is 2.70. The first-order valence-electron chi connectivity index (χ1n) is 21.6. The lowest BCUT2D eigenvalue weighted by Gasteiger charge is -2.66. The molecule has 0 aromatic heterocycles. The van der Waals surface area contributed by atoms with Crippen molar-refractivity contribution in [2.45, 2.75) is 177 Å². The summed E-state index contributed by atoms with van der Waals surface area (Å²) in [7, 11) is 1.54. The smallest absolute Gasteiger partial charge is 0.331 e. The van der Waals surface area contributed by atoms with Crippen LogP contribution in [0.15, 0.2) is 11.6 Å². The SMILES string of the molecule is CO[C@@H]1C[C@H](O[C@@H]2CC[C@]3(C)[C@H](CC[C@@]45CC[C@H](C6=CC(=O)OC6)[C@@](C)(CC[C@@H]43)C5=O)C2)O[C@H](C)[C@@H]1O[C@@H]1O[C@H](CO[C@@H]2O[C@H](CO)[C@@H](O)[C@H](O)[C@H]2O)[C@@H](O)[C@H](O)[C@H]1O. The zero-order chi connectivity index (χ0) is 42.2. The van der Waals surface area contributed by atoms with Crippen molar-refractivity contribution in [3.8, 4) is 0 Å². The highest BCUT2D eigenvalue weighted by molar-refractivity contribution is 5.93. The number of ketones is 1. The van der Waals surface area contributed by atoms with E-state index in [9.17, 15) is 45.3 Å². The minimum atomic E-state index is -1.71. The molecule has 0 amide bonds. The maximum absolute atomic E-state index is 14.6. The van der Waals surface area contributed by atoms with Gasteiger partial charge in [-0.05, 0) is 93.5 Å². The number of aliphatic hydroxyl groups is 7. The van der Waals surface area contributed by atoms with Crippen molar-refractivity contribution < 1.29 is 83.2 Å². The molecular formula is C42H64O17. The standard InChI is InChI=1S/C42H64O17/c1-19-36(59-38-35(50)33(48)31(46)26(58-38)18-54-37-34(49)32(47)30(45)25(16-43)57-37)24(52-4)15-29(55-19)56-22-6-9-40(2)21(14-22)5-11-42-12-7-23(20-13-28(44)53-17-20)41(3,39(42)51)10-8-27(40)42/h13,19,21-27,29-38,43,45-50H,5-12,14-18H2,1-4H3/t19-,21-,22-,23-,24-,25-,26-,27-,29+,30-,31-,32+,33+,34-,35-,36+,37-,38+,40-,41-,42-/m1/s1. The molecule has 1 spiro atoms. The first kappa shape index (κ1) is 43.9. The number of aliphatic hydroxyl groups excluding tert-OH is 7. The van der Waals surface area contributed by atoms with Crippen LogP contribution < -0.4 is 0 Å². The van der Waals surface area contributed by atoms with Gasteiger partial charge in [-0.1, -0.05) is 13.8 Å². The van der Waals surface area contributed by atoms with E-state index < -0.39 is 105 Å². The number of hydrogen-bond donors (Lipinski definition) is 7. The fourth-order valence-corrected chi connectivity index (χ4v) is 12.7. The van der Waals surface area contributed by atoms with Crippen LogP contribution >= 0.6 is 0 Å². The summed E-state index contributed by atoms with van der Waals surface area (Å²) in [5.74, 6) is 0.866. The molecule has 4 aliphatic heterocycles. The first-order chi connectivity index (χ1) is 28.0. The molecule has 4 aliphatic carbocycles. The average Bonchev–Trinajstić information content (AvgIpc) is 3.64. The quantitative estimate of drug-likeness (QED) is 0.113. The summed E-state index contributed by atoms with van der Waals surface area (Å²) in [6.45, 7) is 5.49. The van der Waals surface area contributed by atoms with Gasteiger partial charge in [0.05, 0.1) is 31.5 Å². The Hall–Kier alpha value is -1.68. The molecule has 7 N–H and O–H groups in total. The van der Waals surface area contributed by atoms with Crippen LogP contribution in [0.1, 0.15) is 85.0 Å². The van der Waals surface area contributed by atoms with Crippen LogP contribution in [0.2, 0.25) is 0 Å². The zero-order valence-electron chi connectivity index (χ0n) is 34.4. The predicted molar refractivity (Wildman–Crippen MR) is 201 cm³/mol. The molecule has 0 radical (unpaired) electrons. The molecule has 0 aromatic carbocycles. The van der Waals surface area contributed by atoms with Gasteiger partial charge in [0.2, 0.25) is 0 Å². The van der Waals surface area contributed by atoms with E-state index in [1.807, 2.05) is 0 Å². The van der Waals surface area contributed by atoms with E-state index in [1.54, 1.807) is 13.0 Å². The van der Waals surface area contributed by atoms with Crippen LogP contribution in [0.25, 0.3) is 0 Å². The number of hydrogen-bond acceptors (Lipinski definition) is 17. The molecule has 334 valence electrons. The Morgan fingerprint density at radius 2 is 1.47 bits per heavy atom. The molecule has 17 heteroatoms. The Morgan fingerprint density at radius 1 is 0.780 bits per heavy atom. The van der Waals surface area contributed by atoms with Crippen molar-refractivity contribution in [3.63, 3.8) is 0 Å². The van der Waals surface area contributed by atoms with Crippen LogP contribution in [-0.2, 0) is 47.5 Å². The van der Waals surface area contributed by atoms with Gasteiger partial charge in [-0.25, -0.2) is 4.79 Å². The minimum absolute atomic E-state index is 0.0130. The number of Topliss-reactive ketones (excluding diaryl/α,β-unsaturated/α-hetero) is 1. The van der Waals surface area contributed by atoms with E-state index in [0.29, 0.717) is 30.6 Å². The summed E-state index contributed by atoms with van der Waals surface area (Å²) >= 11 is 0. The molecule has 4 saturated carbocycles. The number of esters is 1. The van der Waals surface area contributed by atoms with Gasteiger partial charge in [0, 0.05) is 30.4 Å². The summed E-state index contributed by atoms with van der Waals surface area (Å²) < 4.78 is 47.2. The van der Waals surface area contributed by atoms with Crippen LogP contribution in [0.3, 0.4) is 0 Å². The number of methoxy groups -OCH3 is 1. The third-order valence-electron chi connectivity index (χ3n) is 16.1. The lowest BCUT2D eigenvalue weighted by Crippen LogP contribution is -2.64. The van der Waals surface area contributed by atoms with Crippen molar-refractivity contribution in [3.05, 3.63) is 11.6 Å². The Kier molecular flexibility index (Phi) is 12.5. The Balaban J connectivity index is 0.863. The fraction of sp³-hybridized carbons (Fsp3) is 0.905. The van der Waals surface area contributed by atoms with Gasteiger partial charge in [0.15, 0.2) is 18.9 Å². The minimum Gasteiger partial charge on any atom is -0.458 e. The second-order valence-electron chi connectivity index (χ2n) is 19.1. The number of cyclic esters (lactones) is 1. The third-order valence-corrected chi connectivity index (χ3v) is 16.1. The molecule has 0 unspecified atom stereocenters. The Bertz CT molecular complexity index is 1580. The number of rotatable bonds is 10. The van der Waals surface area contributed by atoms with Gasteiger partial charge in [-0.15, -0.1) is 0 Å². The molecule has 3 saturated heterocycles. The van der Waals surface area contributed by atoms with Gasteiger partial charge in [0.25, 0.3) is 0 Å². The maximum Gasteiger partial charge on any atom is 0.331 e. The normalized spacial score (nSPS) is 52.6. The van der Waals surface area contributed by atoms with E-state index in [-0.39, 0.29) is 28.8 Å². The summed E-state index contributed by atoms with van der Waals surface area (Å²) in [6, 6.07) is 0. The second-order valence-corrected chi connectivity index (χ2v) is 19.1. The highest BCUT2D eigenvalue weighted by atomic mass is 16.8. The number of ether oxygens (including phenoxy) is 8. The number of fused-ring (bicyclic) bond motifs is 3. The molecule has 17 nitrogen and oxygen atoms in total. The second kappa shape index (κ2) is 16.8. The summed E-state index contributed by atoms with van der Waals surface area (Å²) in [4.78, 5) is 26.6. The topological polar surface area (TPSA) is 250 Å². The van der Waals surface area contributed by atoms with Crippen molar-refractivity contribution in [2.75, 3.05) is 26.9 Å². The van der Waals surface area contributed by atoms with Crippen LogP contribution in [0, 0.1) is 34.0 Å². The van der Waals surface area contributed by atoms with Gasteiger partial charge < -0.3 is 73.6 Å². The van der Waals surface area contributed by atoms with Crippen molar-refractivity contribution >= 4 is 11.8 Å². The molecule has 21 atom stereocenters. The molecule has 8 aliphatic rings. The maximum atomic E-state index is 14.6. The molecule has 8 rings (SSSR count). The monoisotopic (exact) mass is 840 g/mol. The van der Waals surface area contributed by atoms with Gasteiger partial charge in [-0.3, -0.25) is 4.79 Å².